The highest BCUT2D eigenvalue weighted by atomic mass is 35.5. The Morgan fingerprint density at radius 1 is 1.11 bits per heavy atom. The number of ether oxygens (including phenoxy) is 1. The molecule has 0 radical (unpaired) electrons. The van der Waals surface area contributed by atoms with Crippen LogP contribution in [0, 0.1) is 13.8 Å². The van der Waals surface area contributed by atoms with Crippen molar-refractivity contribution in [2.75, 3.05) is 0 Å². The highest BCUT2D eigenvalue weighted by Gasteiger charge is 2.06. The molecule has 0 saturated heterocycles. The lowest BCUT2D eigenvalue weighted by atomic mass is 10.1. The molecular formula is C14H13Cl2NO. The van der Waals surface area contributed by atoms with Gasteiger partial charge in [-0.05, 0) is 37.6 Å². The van der Waals surface area contributed by atoms with Crippen LogP contribution in [-0.4, -0.2) is 4.98 Å². The number of hydrogen-bond acceptors (Lipinski definition) is 2. The Morgan fingerprint density at radius 2 is 1.89 bits per heavy atom. The third-order valence-electron chi connectivity index (χ3n) is 2.58. The summed E-state index contributed by atoms with van der Waals surface area (Å²) >= 11 is 11.9. The van der Waals surface area contributed by atoms with Crippen LogP contribution >= 0.6 is 23.2 Å². The molecule has 4 heteroatoms. The van der Waals surface area contributed by atoms with E-state index in [1.165, 1.54) is 5.56 Å². The first-order valence-corrected chi connectivity index (χ1v) is 6.33. The smallest absolute Gasteiger partial charge is 0.132 e. The minimum absolute atomic E-state index is 0.309. The maximum Gasteiger partial charge on any atom is 0.132 e. The van der Waals surface area contributed by atoms with E-state index in [9.17, 15) is 0 Å². The normalized spacial score (nSPS) is 10.4. The van der Waals surface area contributed by atoms with E-state index in [0.717, 1.165) is 11.3 Å². The van der Waals surface area contributed by atoms with Crippen molar-refractivity contribution in [2.24, 2.45) is 0 Å². The fourth-order valence-electron chi connectivity index (χ4n) is 1.67. The van der Waals surface area contributed by atoms with Crippen LogP contribution in [0.1, 0.15) is 16.8 Å². The SMILES string of the molecule is Cc1ccc(OCc2nc(Cl)ccc2Cl)c(C)c1. The predicted molar refractivity (Wildman–Crippen MR) is 74.5 cm³/mol. The van der Waals surface area contributed by atoms with Crippen molar-refractivity contribution in [3.8, 4) is 5.75 Å². The van der Waals surface area contributed by atoms with E-state index >= 15 is 0 Å². The van der Waals surface area contributed by atoms with Gasteiger partial charge in [-0.3, -0.25) is 0 Å². The van der Waals surface area contributed by atoms with Gasteiger partial charge in [0.1, 0.15) is 17.5 Å². The molecule has 0 spiro atoms. The zero-order valence-electron chi connectivity index (χ0n) is 10.2. The van der Waals surface area contributed by atoms with Gasteiger partial charge in [0.2, 0.25) is 0 Å². The van der Waals surface area contributed by atoms with Gasteiger partial charge in [0.05, 0.1) is 10.7 Å². The summed E-state index contributed by atoms with van der Waals surface area (Å²) in [6, 6.07) is 9.41. The average molecular weight is 282 g/mol. The van der Waals surface area contributed by atoms with Crippen molar-refractivity contribution in [3.63, 3.8) is 0 Å². The fraction of sp³-hybridized carbons (Fsp3) is 0.214. The number of nitrogens with zero attached hydrogens (tertiary/aromatic N) is 1. The molecule has 18 heavy (non-hydrogen) atoms. The van der Waals surface area contributed by atoms with Crippen LogP contribution in [0.3, 0.4) is 0 Å². The Kier molecular flexibility index (Phi) is 4.10. The molecule has 1 aromatic heterocycles. The lowest BCUT2D eigenvalue weighted by Crippen LogP contribution is -2.00. The van der Waals surface area contributed by atoms with Gasteiger partial charge in [-0.2, -0.15) is 0 Å². The largest absolute Gasteiger partial charge is 0.487 e. The van der Waals surface area contributed by atoms with Gasteiger partial charge in [0, 0.05) is 0 Å². The first kappa shape index (κ1) is 13.2. The Morgan fingerprint density at radius 3 is 2.61 bits per heavy atom. The summed E-state index contributed by atoms with van der Waals surface area (Å²) in [5.74, 6) is 0.832. The van der Waals surface area contributed by atoms with Crippen LogP contribution in [0.4, 0.5) is 0 Å². The summed E-state index contributed by atoms with van der Waals surface area (Å²) in [4.78, 5) is 4.14. The van der Waals surface area contributed by atoms with Crippen molar-refractivity contribution in [3.05, 3.63) is 57.3 Å². The molecule has 0 bridgehead atoms. The molecule has 2 rings (SSSR count). The average Bonchev–Trinajstić information content (AvgIpc) is 2.32. The molecule has 2 nitrogen and oxygen atoms in total. The molecule has 1 aromatic carbocycles. The molecule has 0 N–H and O–H groups in total. The molecular weight excluding hydrogens is 269 g/mol. The molecule has 0 unspecified atom stereocenters. The van der Waals surface area contributed by atoms with Crippen molar-refractivity contribution in [1.82, 2.24) is 4.98 Å². The summed E-state index contributed by atoms with van der Waals surface area (Å²) in [5.41, 5.74) is 2.94. The zero-order valence-corrected chi connectivity index (χ0v) is 11.7. The van der Waals surface area contributed by atoms with Gasteiger partial charge in [0.15, 0.2) is 0 Å². The molecule has 94 valence electrons. The van der Waals surface area contributed by atoms with Gasteiger partial charge < -0.3 is 4.74 Å². The van der Waals surface area contributed by atoms with Crippen molar-refractivity contribution < 1.29 is 4.74 Å². The lowest BCUT2D eigenvalue weighted by molar-refractivity contribution is 0.299. The van der Waals surface area contributed by atoms with Crippen LogP contribution < -0.4 is 4.74 Å². The number of halogens is 2. The van der Waals surface area contributed by atoms with E-state index in [0.29, 0.717) is 22.5 Å². The van der Waals surface area contributed by atoms with Crippen molar-refractivity contribution in [2.45, 2.75) is 20.5 Å². The molecule has 0 aliphatic rings. The summed E-state index contributed by atoms with van der Waals surface area (Å²) < 4.78 is 5.71. The Bertz CT molecular complexity index is 570. The molecule has 0 aliphatic heterocycles. The Balaban J connectivity index is 2.13. The van der Waals surface area contributed by atoms with E-state index < -0.39 is 0 Å². The zero-order chi connectivity index (χ0) is 13.1. The van der Waals surface area contributed by atoms with Crippen LogP contribution in [0.25, 0.3) is 0 Å². The van der Waals surface area contributed by atoms with Gasteiger partial charge in [-0.15, -0.1) is 0 Å². The van der Waals surface area contributed by atoms with Gasteiger partial charge in [-0.25, -0.2) is 4.98 Å². The van der Waals surface area contributed by atoms with Gasteiger partial charge in [0.25, 0.3) is 0 Å². The molecule has 0 aliphatic carbocycles. The summed E-state index contributed by atoms with van der Waals surface area (Å²) in [6.45, 7) is 4.37. The number of aromatic nitrogens is 1. The van der Waals surface area contributed by atoms with Gasteiger partial charge in [-0.1, -0.05) is 40.9 Å². The minimum Gasteiger partial charge on any atom is -0.487 e. The highest BCUT2D eigenvalue weighted by molar-refractivity contribution is 6.32. The van der Waals surface area contributed by atoms with E-state index in [4.69, 9.17) is 27.9 Å². The number of aryl methyl sites for hydroxylation is 2. The number of rotatable bonds is 3. The third-order valence-corrected chi connectivity index (χ3v) is 3.13. The van der Waals surface area contributed by atoms with E-state index in [1.54, 1.807) is 12.1 Å². The molecule has 0 atom stereocenters. The minimum atomic E-state index is 0.309. The van der Waals surface area contributed by atoms with Crippen LogP contribution in [-0.2, 0) is 6.61 Å². The quantitative estimate of drug-likeness (QED) is 0.768. The van der Waals surface area contributed by atoms with E-state index in [2.05, 4.69) is 11.1 Å². The highest BCUT2D eigenvalue weighted by Crippen LogP contribution is 2.22. The lowest BCUT2D eigenvalue weighted by Gasteiger charge is -2.10. The first-order chi connectivity index (χ1) is 8.56. The second kappa shape index (κ2) is 5.59. The van der Waals surface area contributed by atoms with E-state index in [1.807, 2.05) is 26.0 Å². The Labute approximate surface area is 117 Å². The second-order valence-corrected chi connectivity index (χ2v) is 4.91. The molecule has 2 aromatic rings. The third kappa shape index (κ3) is 3.15. The number of hydrogen-bond donors (Lipinski definition) is 0. The first-order valence-electron chi connectivity index (χ1n) is 5.57. The predicted octanol–water partition coefficient (Wildman–Crippen LogP) is 4.58. The summed E-state index contributed by atoms with van der Waals surface area (Å²) in [5, 5.41) is 0.975. The molecule has 1 heterocycles. The monoisotopic (exact) mass is 281 g/mol. The second-order valence-electron chi connectivity index (χ2n) is 4.12. The standard InChI is InChI=1S/C14H13Cl2NO/c1-9-3-5-13(10(2)7-9)18-8-12-11(15)4-6-14(16)17-12/h3-7H,8H2,1-2H3. The maximum absolute atomic E-state index is 6.03. The summed E-state index contributed by atoms with van der Waals surface area (Å²) in [6.07, 6.45) is 0. The number of pyridine rings is 1. The Hall–Kier alpha value is -1.25. The van der Waals surface area contributed by atoms with Crippen molar-refractivity contribution in [1.29, 1.82) is 0 Å². The van der Waals surface area contributed by atoms with Crippen LogP contribution in [0.5, 0.6) is 5.75 Å². The number of benzene rings is 1. The van der Waals surface area contributed by atoms with Gasteiger partial charge >= 0.3 is 0 Å². The summed E-state index contributed by atoms with van der Waals surface area (Å²) in [7, 11) is 0. The van der Waals surface area contributed by atoms with Crippen LogP contribution in [0.2, 0.25) is 10.2 Å². The van der Waals surface area contributed by atoms with Crippen molar-refractivity contribution >= 4 is 23.2 Å². The van der Waals surface area contributed by atoms with E-state index in [-0.39, 0.29) is 0 Å². The molecule has 0 saturated carbocycles. The molecule has 0 amide bonds. The fourth-order valence-corrected chi connectivity index (χ4v) is 1.99. The topological polar surface area (TPSA) is 22.1 Å². The maximum atomic E-state index is 6.03. The van der Waals surface area contributed by atoms with Crippen LogP contribution in [0.15, 0.2) is 30.3 Å². The molecule has 0 fully saturated rings.